The van der Waals surface area contributed by atoms with Gasteiger partial charge in [-0.05, 0) is 38.2 Å². The van der Waals surface area contributed by atoms with E-state index in [1.54, 1.807) is 26.0 Å². The Bertz CT molecular complexity index is 585. The molecule has 0 radical (unpaired) electrons. The van der Waals surface area contributed by atoms with Gasteiger partial charge in [-0.1, -0.05) is 12.1 Å². The highest BCUT2D eigenvalue weighted by Crippen LogP contribution is 2.24. The molecule has 1 aromatic rings. The molecule has 1 aliphatic heterocycles. The van der Waals surface area contributed by atoms with Crippen LogP contribution in [0.3, 0.4) is 0 Å². The maximum absolute atomic E-state index is 12.3. The van der Waals surface area contributed by atoms with Crippen molar-refractivity contribution < 1.29 is 14.5 Å². The molecule has 2 unspecified atom stereocenters. The molecule has 2 rings (SSSR count). The van der Waals surface area contributed by atoms with E-state index in [2.05, 4.69) is 5.32 Å². The van der Waals surface area contributed by atoms with Crippen LogP contribution < -0.4 is 11.1 Å². The minimum absolute atomic E-state index is 0.0531. The van der Waals surface area contributed by atoms with Crippen molar-refractivity contribution in [3.8, 4) is 0 Å². The van der Waals surface area contributed by atoms with E-state index < -0.39 is 11.0 Å². The molecule has 0 bridgehead atoms. The van der Waals surface area contributed by atoms with Gasteiger partial charge in [0.15, 0.2) is 0 Å². The summed E-state index contributed by atoms with van der Waals surface area (Å²) in [6, 6.07) is 4.05. The fourth-order valence-electron chi connectivity index (χ4n) is 2.77. The number of carbonyl (C=O) groups is 1. The van der Waals surface area contributed by atoms with Gasteiger partial charge in [0.25, 0.3) is 5.69 Å². The molecule has 0 saturated carbocycles. The van der Waals surface area contributed by atoms with Crippen LogP contribution in [0.5, 0.6) is 0 Å². The van der Waals surface area contributed by atoms with Gasteiger partial charge in [-0.15, -0.1) is 0 Å². The van der Waals surface area contributed by atoms with Gasteiger partial charge in [-0.25, -0.2) is 0 Å². The van der Waals surface area contributed by atoms with Gasteiger partial charge >= 0.3 is 0 Å². The third-order valence-corrected chi connectivity index (χ3v) is 4.37. The Labute approximate surface area is 135 Å². The maximum atomic E-state index is 12.3. The van der Waals surface area contributed by atoms with E-state index in [-0.39, 0.29) is 23.6 Å². The van der Waals surface area contributed by atoms with Crippen LogP contribution >= 0.6 is 0 Å². The smallest absolute Gasteiger partial charge is 0.272 e. The number of benzene rings is 1. The van der Waals surface area contributed by atoms with E-state index in [9.17, 15) is 14.9 Å². The second-order valence-electron chi connectivity index (χ2n) is 6.01. The molecule has 1 aromatic carbocycles. The Balaban J connectivity index is 2.03. The summed E-state index contributed by atoms with van der Waals surface area (Å²) in [5.74, 6) is -0.115. The lowest BCUT2D eigenvalue weighted by Gasteiger charge is -2.27. The first kappa shape index (κ1) is 17.4. The monoisotopic (exact) mass is 321 g/mol. The fraction of sp³-hybridized carbons (Fsp3) is 0.562. The van der Waals surface area contributed by atoms with Crippen molar-refractivity contribution in [2.24, 2.45) is 11.7 Å². The van der Waals surface area contributed by atoms with Crippen molar-refractivity contribution in [3.05, 3.63) is 39.4 Å². The van der Waals surface area contributed by atoms with Gasteiger partial charge < -0.3 is 15.8 Å². The lowest BCUT2D eigenvalue weighted by atomic mass is 9.91. The van der Waals surface area contributed by atoms with Crippen LogP contribution in [0.2, 0.25) is 0 Å². The van der Waals surface area contributed by atoms with Crippen molar-refractivity contribution in [1.29, 1.82) is 0 Å². The molecule has 1 aliphatic rings. The van der Waals surface area contributed by atoms with Crippen LogP contribution in [-0.4, -0.2) is 30.1 Å². The highest BCUT2D eigenvalue weighted by atomic mass is 16.6. The average molecular weight is 321 g/mol. The summed E-state index contributed by atoms with van der Waals surface area (Å²) >= 11 is 0. The molecular weight excluding hydrogens is 298 g/mol. The Morgan fingerprint density at radius 2 is 2.09 bits per heavy atom. The van der Waals surface area contributed by atoms with Crippen LogP contribution in [0.25, 0.3) is 0 Å². The third kappa shape index (κ3) is 4.27. The van der Waals surface area contributed by atoms with Gasteiger partial charge in [0.1, 0.15) is 0 Å². The maximum Gasteiger partial charge on any atom is 0.272 e. The number of hydrogen-bond donors (Lipinski definition) is 2. The molecule has 1 saturated heterocycles. The number of nitrogens with one attached hydrogen (secondary N) is 1. The summed E-state index contributed by atoms with van der Waals surface area (Å²) in [6.45, 7) is 4.74. The molecule has 23 heavy (non-hydrogen) atoms. The first-order valence-corrected chi connectivity index (χ1v) is 7.78. The number of ether oxygens (including phenoxy) is 1. The Morgan fingerprint density at radius 3 is 2.70 bits per heavy atom. The Hall–Kier alpha value is -1.99. The van der Waals surface area contributed by atoms with E-state index >= 15 is 0 Å². The zero-order chi connectivity index (χ0) is 17.0. The Morgan fingerprint density at radius 1 is 1.43 bits per heavy atom. The molecule has 0 aromatic heterocycles. The number of aryl methyl sites for hydroxylation is 1. The van der Waals surface area contributed by atoms with Crippen molar-refractivity contribution in [2.75, 3.05) is 13.2 Å². The van der Waals surface area contributed by atoms with Gasteiger partial charge in [0, 0.05) is 24.8 Å². The van der Waals surface area contributed by atoms with Gasteiger partial charge in [0.05, 0.1) is 17.0 Å². The zero-order valence-corrected chi connectivity index (χ0v) is 13.5. The zero-order valence-electron chi connectivity index (χ0n) is 13.5. The summed E-state index contributed by atoms with van der Waals surface area (Å²) in [7, 11) is 0. The predicted molar refractivity (Wildman–Crippen MR) is 85.9 cm³/mol. The van der Waals surface area contributed by atoms with Crippen LogP contribution in [-0.2, 0) is 9.53 Å². The molecule has 7 nitrogen and oxygen atoms in total. The topological polar surface area (TPSA) is 107 Å². The number of carbonyl (C=O) groups excluding carboxylic acids is 1. The molecule has 1 heterocycles. The van der Waals surface area contributed by atoms with Gasteiger partial charge in [-0.3, -0.25) is 14.9 Å². The highest BCUT2D eigenvalue weighted by molar-refractivity contribution is 5.82. The lowest BCUT2D eigenvalue weighted by molar-refractivity contribution is -0.385. The minimum Gasteiger partial charge on any atom is -0.381 e. The molecule has 7 heteroatoms. The van der Waals surface area contributed by atoms with E-state index in [0.29, 0.717) is 24.3 Å². The van der Waals surface area contributed by atoms with E-state index in [0.717, 1.165) is 12.8 Å². The quantitative estimate of drug-likeness (QED) is 0.635. The summed E-state index contributed by atoms with van der Waals surface area (Å²) in [5.41, 5.74) is 7.38. The first-order chi connectivity index (χ1) is 10.9. The number of nitro benzene ring substituents is 1. The molecule has 126 valence electrons. The van der Waals surface area contributed by atoms with Crippen LogP contribution in [0.4, 0.5) is 5.69 Å². The molecule has 1 fully saturated rings. The van der Waals surface area contributed by atoms with Crippen molar-refractivity contribution in [3.63, 3.8) is 0 Å². The third-order valence-electron chi connectivity index (χ3n) is 4.37. The summed E-state index contributed by atoms with van der Waals surface area (Å²) in [6.07, 6.45) is 1.55. The number of hydrogen-bond acceptors (Lipinski definition) is 5. The highest BCUT2D eigenvalue weighted by Gasteiger charge is 2.27. The largest absolute Gasteiger partial charge is 0.381 e. The fourth-order valence-corrected chi connectivity index (χ4v) is 2.77. The standard InChI is InChI=1S/C16H23N3O4/c1-10-3-4-13(9-14(10)19(21)22)11(2)18-16(20)15(17)12-5-7-23-8-6-12/h3-4,9,11-12,15H,5-8,17H2,1-2H3,(H,18,20). The van der Waals surface area contributed by atoms with E-state index in [1.165, 1.54) is 6.07 Å². The van der Waals surface area contributed by atoms with Crippen molar-refractivity contribution in [1.82, 2.24) is 5.32 Å². The average Bonchev–Trinajstić information content (AvgIpc) is 2.54. The number of amides is 1. The summed E-state index contributed by atoms with van der Waals surface area (Å²) < 4.78 is 5.28. The van der Waals surface area contributed by atoms with Crippen LogP contribution in [0.15, 0.2) is 18.2 Å². The Kier molecular flexibility index (Phi) is 5.68. The number of rotatable bonds is 5. The molecule has 0 aliphatic carbocycles. The lowest BCUT2D eigenvalue weighted by Crippen LogP contribution is -2.47. The molecule has 3 N–H and O–H groups in total. The van der Waals surface area contributed by atoms with Gasteiger partial charge in [-0.2, -0.15) is 0 Å². The predicted octanol–water partition coefficient (Wildman–Crippen LogP) is 1.83. The van der Waals surface area contributed by atoms with E-state index in [4.69, 9.17) is 10.5 Å². The van der Waals surface area contributed by atoms with Crippen molar-refractivity contribution >= 4 is 11.6 Å². The molecule has 1 amide bonds. The summed E-state index contributed by atoms with van der Waals surface area (Å²) in [5, 5.41) is 13.9. The van der Waals surface area contributed by atoms with E-state index in [1.807, 2.05) is 0 Å². The second kappa shape index (κ2) is 7.52. The van der Waals surface area contributed by atoms with Crippen LogP contribution in [0, 0.1) is 23.0 Å². The first-order valence-electron chi connectivity index (χ1n) is 7.78. The normalized spacial score (nSPS) is 18.2. The van der Waals surface area contributed by atoms with Gasteiger partial charge in [0.2, 0.25) is 5.91 Å². The van der Waals surface area contributed by atoms with Crippen LogP contribution in [0.1, 0.15) is 36.9 Å². The number of nitrogens with zero attached hydrogens (tertiary/aromatic N) is 1. The molecule has 0 spiro atoms. The second-order valence-corrected chi connectivity index (χ2v) is 6.01. The summed E-state index contributed by atoms with van der Waals surface area (Å²) in [4.78, 5) is 22.9. The SMILES string of the molecule is Cc1ccc(C(C)NC(=O)C(N)C2CCOCC2)cc1[N+](=O)[O-]. The number of nitro groups is 1. The number of nitrogens with two attached hydrogens (primary N) is 1. The van der Waals surface area contributed by atoms with Crippen molar-refractivity contribution in [2.45, 2.75) is 38.8 Å². The minimum atomic E-state index is -0.582. The molecule has 2 atom stereocenters. The molecular formula is C16H23N3O4.